The Hall–Kier alpha value is -0.0800. The molecule has 0 aromatic carbocycles. The van der Waals surface area contributed by atoms with Gasteiger partial charge in [-0.2, -0.15) is 0 Å². The van der Waals surface area contributed by atoms with Crippen LogP contribution in [0.25, 0.3) is 0 Å². The van der Waals surface area contributed by atoms with Crippen LogP contribution in [0.5, 0.6) is 0 Å². The van der Waals surface area contributed by atoms with Crippen molar-refractivity contribution in [3.05, 3.63) is 0 Å². The van der Waals surface area contributed by atoms with Gasteiger partial charge in [0, 0.05) is 19.1 Å². The predicted molar refractivity (Wildman–Crippen MR) is 53.8 cm³/mol. The van der Waals surface area contributed by atoms with Gasteiger partial charge >= 0.3 is 0 Å². The average Bonchev–Trinajstić information content (AvgIpc) is 2.85. The van der Waals surface area contributed by atoms with Gasteiger partial charge in [-0.3, -0.25) is 4.90 Å². The standard InChI is InChI=1S/C11H21NO/c1-9(2)7-11-8-12(5-6-13-11)10-3-4-10/h9-11H,3-8H2,1-2H3/t11-/m0/s1. The summed E-state index contributed by atoms with van der Waals surface area (Å²) in [6.07, 6.45) is 4.58. The van der Waals surface area contributed by atoms with Crippen LogP contribution < -0.4 is 0 Å². The Bertz CT molecular complexity index is 165. The molecule has 2 fully saturated rings. The first-order valence-electron chi connectivity index (χ1n) is 5.61. The van der Waals surface area contributed by atoms with Crippen LogP contribution >= 0.6 is 0 Å². The molecule has 1 atom stereocenters. The smallest absolute Gasteiger partial charge is 0.0705 e. The SMILES string of the molecule is CC(C)C[C@H]1CN(C2CC2)CCO1. The maximum atomic E-state index is 5.76. The normalized spacial score (nSPS) is 31.2. The minimum Gasteiger partial charge on any atom is -0.376 e. The molecular formula is C11H21NO. The second-order valence-electron chi connectivity index (χ2n) is 4.85. The largest absolute Gasteiger partial charge is 0.376 e. The molecule has 2 rings (SSSR count). The summed E-state index contributed by atoms with van der Waals surface area (Å²) in [6.45, 7) is 7.86. The highest BCUT2D eigenvalue weighted by atomic mass is 16.5. The molecule has 1 heterocycles. The summed E-state index contributed by atoms with van der Waals surface area (Å²) in [6, 6.07) is 0.915. The minimum absolute atomic E-state index is 0.509. The van der Waals surface area contributed by atoms with Crippen molar-refractivity contribution in [2.24, 2.45) is 5.92 Å². The lowest BCUT2D eigenvalue weighted by atomic mass is 10.0. The van der Waals surface area contributed by atoms with Gasteiger partial charge in [-0.15, -0.1) is 0 Å². The number of rotatable bonds is 3. The van der Waals surface area contributed by atoms with E-state index in [2.05, 4.69) is 18.7 Å². The van der Waals surface area contributed by atoms with Crippen molar-refractivity contribution in [3.63, 3.8) is 0 Å². The molecule has 0 aromatic heterocycles. The fraction of sp³-hybridized carbons (Fsp3) is 1.00. The summed E-state index contributed by atoms with van der Waals surface area (Å²) in [5.74, 6) is 0.768. The van der Waals surface area contributed by atoms with Gasteiger partial charge in [0.2, 0.25) is 0 Å². The van der Waals surface area contributed by atoms with Crippen molar-refractivity contribution in [2.75, 3.05) is 19.7 Å². The van der Waals surface area contributed by atoms with Crippen LogP contribution in [0.1, 0.15) is 33.1 Å². The van der Waals surface area contributed by atoms with Crippen molar-refractivity contribution in [2.45, 2.75) is 45.3 Å². The molecule has 76 valence electrons. The number of hydrogen-bond acceptors (Lipinski definition) is 2. The summed E-state index contributed by atoms with van der Waals surface area (Å²) < 4.78 is 5.76. The first-order valence-corrected chi connectivity index (χ1v) is 5.61. The molecule has 2 aliphatic rings. The molecule has 0 amide bonds. The average molecular weight is 183 g/mol. The summed E-state index contributed by atoms with van der Waals surface area (Å²) in [5.41, 5.74) is 0. The molecule has 0 aromatic rings. The van der Waals surface area contributed by atoms with E-state index in [4.69, 9.17) is 4.74 Å². The van der Waals surface area contributed by atoms with Crippen LogP contribution in [-0.4, -0.2) is 36.7 Å². The highest BCUT2D eigenvalue weighted by Gasteiger charge is 2.32. The van der Waals surface area contributed by atoms with Crippen LogP contribution in [0.2, 0.25) is 0 Å². The van der Waals surface area contributed by atoms with Crippen molar-refractivity contribution >= 4 is 0 Å². The van der Waals surface area contributed by atoms with E-state index < -0.39 is 0 Å². The Morgan fingerprint density at radius 3 is 2.77 bits per heavy atom. The van der Waals surface area contributed by atoms with E-state index in [1.807, 2.05) is 0 Å². The number of nitrogens with zero attached hydrogens (tertiary/aromatic N) is 1. The summed E-state index contributed by atoms with van der Waals surface area (Å²) >= 11 is 0. The Labute approximate surface area is 81.3 Å². The fourth-order valence-corrected chi connectivity index (χ4v) is 2.18. The molecule has 1 saturated heterocycles. The number of hydrogen-bond donors (Lipinski definition) is 0. The van der Waals surface area contributed by atoms with Gasteiger partial charge in [0.25, 0.3) is 0 Å². The molecule has 13 heavy (non-hydrogen) atoms. The molecule has 0 spiro atoms. The predicted octanol–water partition coefficient (Wildman–Crippen LogP) is 1.90. The molecular weight excluding hydrogens is 162 g/mol. The second kappa shape index (κ2) is 3.97. The molecule has 2 nitrogen and oxygen atoms in total. The second-order valence-corrected chi connectivity index (χ2v) is 4.85. The quantitative estimate of drug-likeness (QED) is 0.662. The molecule has 0 radical (unpaired) electrons. The lowest BCUT2D eigenvalue weighted by molar-refractivity contribution is -0.0400. The van der Waals surface area contributed by atoms with Crippen molar-refractivity contribution < 1.29 is 4.74 Å². The van der Waals surface area contributed by atoms with E-state index in [0.29, 0.717) is 6.10 Å². The van der Waals surface area contributed by atoms with Gasteiger partial charge in [-0.25, -0.2) is 0 Å². The van der Waals surface area contributed by atoms with E-state index in [1.165, 1.54) is 32.4 Å². The summed E-state index contributed by atoms with van der Waals surface area (Å²) in [5, 5.41) is 0. The Kier molecular flexibility index (Phi) is 2.89. The molecule has 2 heteroatoms. The highest BCUT2D eigenvalue weighted by Crippen LogP contribution is 2.29. The fourth-order valence-electron chi connectivity index (χ4n) is 2.18. The van der Waals surface area contributed by atoms with E-state index in [9.17, 15) is 0 Å². The Morgan fingerprint density at radius 1 is 1.38 bits per heavy atom. The van der Waals surface area contributed by atoms with E-state index in [-0.39, 0.29) is 0 Å². The van der Waals surface area contributed by atoms with Gasteiger partial charge < -0.3 is 4.74 Å². The Morgan fingerprint density at radius 2 is 2.15 bits per heavy atom. The van der Waals surface area contributed by atoms with Crippen molar-refractivity contribution in [1.29, 1.82) is 0 Å². The van der Waals surface area contributed by atoms with E-state index in [0.717, 1.165) is 18.6 Å². The lowest BCUT2D eigenvalue weighted by Gasteiger charge is -2.33. The first kappa shape index (κ1) is 9.47. The Balaban J connectivity index is 1.77. The highest BCUT2D eigenvalue weighted by molar-refractivity contribution is 4.87. The van der Waals surface area contributed by atoms with Crippen molar-refractivity contribution in [1.82, 2.24) is 4.90 Å². The van der Waals surface area contributed by atoms with Gasteiger partial charge in [0.05, 0.1) is 12.7 Å². The third kappa shape index (κ3) is 2.68. The molecule has 0 N–H and O–H groups in total. The van der Waals surface area contributed by atoms with Crippen LogP contribution in [0, 0.1) is 5.92 Å². The first-order chi connectivity index (χ1) is 6.25. The maximum Gasteiger partial charge on any atom is 0.0705 e. The zero-order valence-electron chi connectivity index (χ0n) is 8.83. The maximum absolute atomic E-state index is 5.76. The topological polar surface area (TPSA) is 12.5 Å². The van der Waals surface area contributed by atoms with Gasteiger partial charge in [-0.05, 0) is 25.2 Å². The van der Waals surface area contributed by atoms with Crippen LogP contribution in [0.15, 0.2) is 0 Å². The molecule has 0 bridgehead atoms. The molecule has 1 aliphatic heterocycles. The van der Waals surface area contributed by atoms with Gasteiger partial charge in [0.15, 0.2) is 0 Å². The minimum atomic E-state index is 0.509. The van der Waals surface area contributed by atoms with Gasteiger partial charge in [0.1, 0.15) is 0 Å². The van der Waals surface area contributed by atoms with E-state index in [1.54, 1.807) is 0 Å². The third-order valence-electron chi connectivity index (χ3n) is 2.97. The van der Waals surface area contributed by atoms with Gasteiger partial charge in [-0.1, -0.05) is 13.8 Å². The number of morpholine rings is 1. The zero-order chi connectivity index (χ0) is 9.26. The molecule has 0 unspecified atom stereocenters. The number of ether oxygens (including phenoxy) is 1. The van der Waals surface area contributed by atoms with Crippen LogP contribution in [0.4, 0.5) is 0 Å². The van der Waals surface area contributed by atoms with E-state index >= 15 is 0 Å². The molecule has 1 aliphatic carbocycles. The molecule has 1 saturated carbocycles. The summed E-state index contributed by atoms with van der Waals surface area (Å²) in [4.78, 5) is 2.62. The summed E-state index contributed by atoms with van der Waals surface area (Å²) in [7, 11) is 0. The zero-order valence-corrected chi connectivity index (χ0v) is 8.83. The monoisotopic (exact) mass is 183 g/mol. The van der Waals surface area contributed by atoms with Crippen LogP contribution in [0.3, 0.4) is 0 Å². The lowest BCUT2D eigenvalue weighted by Crippen LogP contribution is -2.43. The van der Waals surface area contributed by atoms with Crippen LogP contribution in [-0.2, 0) is 4.74 Å². The van der Waals surface area contributed by atoms with Crippen molar-refractivity contribution in [3.8, 4) is 0 Å². The third-order valence-corrected chi connectivity index (χ3v) is 2.97.